The Labute approximate surface area is 148 Å². The Kier molecular flexibility index (Phi) is 5.08. The monoisotopic (exact) mass is 359 g/mol. The Morgan fingerprint density at radius 2 is 1.96 bits per heavy atom. The molecule has 0 saturated heterocycles. The van der Waals surface area contributed by atoms with Crippen LogP contribution in [0.3, 0.4) is 0 Å². The van der Waals surface area contributed by atoms with Crippen LogP contribution in [0.5, 0.6) is 5.75 Å². The lowest BCUT2D eigenvalue weighted by Gasteiger charge is -2.08. The Morgan fingerprint density at radius 3 is 2.62 bits per heavy atom. The number of aryl methyl sites for hydroxylation is 1. The van der Waals surface area contributed by atoms with Gasteiger partial charge in [-0.3, -0.25) is 10.1 Å². The number of carbonyl (C=O) groups excluding carboxylic acids is 1. The summed E-state index contributed by atoms with van der Waals surface area (Å²) in [6, 6.07) is 14.5. The van der Waals surface area contributed by atoms with Crippen LogP contribution in [0.2, 0.25) is 5.02 Å². The van der Waals surface area contributed by atoms with Gasteiger partial charge in [-0.1, -0.05) is 35.9 Å². The highest BCUT2D eigenvalue weighted by molar-refractivity contribution is 7.09. The summed E-state index contributed by atoms with van der Waals surface area (Å²) in [5, 5.41) is 3.78. The van der Waals surface area contributed by atoms with Gasteiger partial charge in [-0.25, -0.2) is 4.98 Å². The number of nitrogens with one attached hydrogen (secondary N) is 1. The maximum absolute atomic E-state index is 12.1. The number of aromatic nitrogens is 2. The van der Waals surface area contributed by atoms with E-state index in [2.05, 4.69) is 14.7 Å². The first kappa shape index (κ1) is 16.4. The summed E-state index contributed by atoms with van der Waals surface area (Å²) in [5.74, 6) is 1.06. The lowest BCUT2D eigenvalue weighted by molar-refractivity contribution is 0.102. The molecule has 0 spiro atoms. The van der Waals surface area contributed by atoms with Gasteiger partial charge in [0.2, 0.25) is 5.13 Å². The predicted octanol–water partition coefficient (Wildman–Crippen LogP) is 4.33. The van der Waals surface area contributed by atoms with Crippen LogP contribution in [-0.4, -0.2) is 15.3 Å². The van der Waals surface area contributed by atoms with E-state index in [-0.39, 0.29) is 5.91 Å². The number of benzene rings is 2. The Balaban J connectivity index is 1.60. The Bertz CT molecular complexity index is 849. The third kappa shape index (κ3) is 4.10. The molecule has 0 saturated carbocycles. The molecule has 1 heterocycles. The van der Waals surface area contributed by atoms with Crippen molar-refractivity contribution in [1.82, 2.24) is 9.36 Å². The quantitative estimate of drug-likeness (QED) is 0.736. The van der Waals surface area contributed by atoms with Crippen LogP contribution in [0.25, 0.3) is 0 Å². The van der Waals surface area contributed by atoms with Crippen molar-refractivity contribution in [3.8, 4) is 5.75 Å². The third-order valence-corrected chi connectivity index (χ3v) is 4.23. The highest BCUT2D eigenvalue weighted by atomic mass is 35.5. The highest BCUT2D eigenvalue weighted by Gasteiger charge is 2.09. The Morgan fingerprint density at radius 1 is 1.21 bits per heavy atom. The van der Waals surface area contributed by atoms with E-state index in [0.717, 1.165) is 17.1 Å². The minimum atomic E-state index is -0.218. The zero-order chi connectivity index (χ0) is 16.9. The summed E-state index contributed by atoms with van der Waals surface area (Å²) in [7, 11) is 0. The van der Waals surface area contributed by atoms with Crippen molar-refractivity contribution in [2.45, 2.75) is 13.5 Å². The molecule has 24 heavy (non-hydrogen) atoms. The molecule has 1 aromatic heterocycles. The largest absolute Gasteiger partial charge is 0.487 e. The van der Waals surface area contributed by atoms with E-state index in [0.29, 0.717) is 33.9 Å². The first-order valence-corrected chi connectivity index (χ1v) is 8.35. The lowest BCUT2D eigenvalue weighted by Crippen LogP contribution is -2.11. The van der Waals surface area contributed by atoms with Crippen molar-refractivity contribution >= 4 is 34.2 Å². The van der Waals surface area contributed by atoms with Crippen molar-refractivity contribution in [3.63, 3.8) is 0 Å². The molecule has 0 radical (unpaired) electrons. The molecule has 3 rings (SSSR count). The molecule has 3 aromatic rings. The molecule has 7 heteroatoms. The summed E-state index contributed by atoms with van der Waals surface area (Å²) in [6.07, 6.45) is 0. The molecule has 0 aliphatic rings. The molecular formula is C17H14ClN3O2S. The minimum absolute atomic E-state index is 0.218. The molecule has 0 bridgehead atoms. The van der Waals surface area contributed by atoms with Crippen LogP contribution in [-0.2, 0) is 6.61 Å². The number of para-hydroxylation sites is 1. The number of ether oxygens (including phenoxy) is 1. The van der Waals surface area contributed by atoms with E-state index in [1.54, 1.807) is 25.1 Å². The van der Waals surface area contributed by atoms with Gasteiger partial charge in [0.1, 0.15) is 18.2 Å². The normalized spacial score (nSPS) is 10.4. The number of anilines is 1. The fourth-order valence-electron chi connectivity index (χ4n) is 1.99. The van der Waals surface area contributed by atoms with Gasteiger partial charge in [0.25, 0.3) is 5.91 Å². The molecule has 1 amide bonds. The smallest absolute Gasteiger partial charge is 0.257 e. The molecule has 0 unspecified atom stereocenters. The van der Waals surface area contributed by atoms with Gasteiger partial charge in [0, 0.05) is 17.1 Å². The lowest BCUT2D eigenvalue weighted by atomic mass is 10.1. The second-order valence-electron chi connectivity index (χ2n) is 5.02. The number of rotatable bonds is 5. The molecule has 1 N–H and O–H groups in total. The van der Waals surface area contributed by atoms with Gasteiger partial charge >= 0.3 is 0 Å². The first-order valence-electron chi connectivity index (χ1n) is 7.20. The van der Waals surface area contributed by atoms with Crippen LogP contribution in [0.4, 0.5) is 5.13 Å². The number of carbonyl (C=O) groups is 1. The standard InChI is InChI=1S/C17H14ClN3O2S/c1-11-19-17(24-21-11)20-16(22)13-8-6-12(7-9-13)10-23-15-5-3-2-4-14(15)18/h2-9H,10H2,1H3,(H,19,20,21,22). The van der Waals surface area contributed by atoms with Crippen LogP contribution in [0.15, 0.2) is 48.5 Å². The summed E-state index contributed by atoms with van der Waals surface area (Å²) < 4.78 is 9.70. The minimum Gasteiger partial charge on any atom is -0.487 e. The van der Waals surface area contributed by atoms with Crippen LogP contribution >= 0.6 is 23.1 Å². The maximum atomic E-state index is 12.1. The van der Waals surface area contributed by atoms with Crippen molar-refractivity contribution in [2.75, 3.05) is 5.32 Å². The van der Waals surface area contributed by atoms with Crippen molar-refractivity contribution < 1.29 is 9.53 Å². The van der Waals surface area contributed by atoms with Crippen molar-refractivity contribution in [1.29, 1.82) is 0 Å². The summed E-state index contributed by atoms with van der Waals surface area (Å²) in [6.45, 7) is 2.15. The van der Waals surface area contributed by atoms with E-state index < -0.39 is 0 Å². The second kappa shape index (κ2) is 7.42. The van der Waals surface area contributed by atoms with E-state index in [1.807, 2.05) is 30.3 Å². The molecular weight excluding hydrogens is 346 g/mol. The topological polar surface area (TPSA) is 64.1 Å². The molecule has 0 aliphatic carbocycles. The molecule has 2 aromatic carbocycles. The third-order valence-electron chi connectivity index (χ3n) is 3.20. The van der Waals surface area contributed by atoms with E-state index in [4.69, 9.17) is 16.3 Å². The number of hydrogen-bond acceptors (Lipinski definition) is 5. The molecule has 0 fully saturated rings. The first-order chi connectivity index (χ1) is 11.6. The van der Waals surface area contributed by atoms with Gasteiger partial charge in [-0.2, -0.15) is 4.37 Å². The molecule has 5 nitrogen and oxygen atoms in total. The summed E-state index contributed by atoms with van der Waals surface area (Å²) in [4.78, 5) is 16.2. The number of halogens is 1. The highest BCUT2D eigenvalue weighted by Crippen LogP contribution is 2.24. The number of hydrogen-bond donors (Lipinski definition) is 1. The fraction of sp³-hybridized carbons (Fsp3) is 0.118. The van der Waals surface area contributed by atoms with Crippen LogP contribution < -0.4 is 10.1 Å². The summed E-state index contributed by atoms with van der Waals surface area (Å²) >= 11 is 7.21. The van der Waals surface area contributed by atoms with Crippen LogP contribution in [0, 0.1) is 6.92 Å². The molecule has 0 atom stereocenters. The summed E-state index contributed by atoms with van der Waals surface area (Å²) in [5.41, 5.74) is 1.49. The average Bonchev–Trinajstić information content (AvgIpc) is 2.99. The maximum Gasteiger partial charge on any atom is 0.257 e. The number of amides is 1. The van der Waals surface area contributed by atoms with Gasteiger partial charge in [-0.05, 0) is 36.8 Å². The molecule has 122 valence electrons. The van der Waals surface area contributed by atoms with Gasteiger partial charge in [0.05, 0.1) is 5.02 Å². The SMILES string of the molecule is Cc1nsc(NC(=O)c2ccc(COc3ccccc3Cl)cc2)n1. The van der Waals surface area contributed by atoms with E-state index in [9.17, 15) is 4.79 Å². The van der Waals surface area contributed by atoms with Gasteiger partial charge in [-0.15, -0.1) is 0 Å². The van der Waals surface area contributed by atoms with Gasteiger partial charge in [0.15, 0.2) is 0 Å². The predicted molar refractivity (Wildman–Crippen MR) is 94.8 cm³/mol. The second-order valence-corrected chi connectivity index (χ2v) is 6.18. The number of nitrogens with zero attached hydrogens (tertiary/aromatic N) is 2. The van der Waals surface area contributed by atoms with Crippen molar-refractivity contribution in [2.24, 2.45) is 0 Å². The fourth-order valence-corrected chi connectivity index (χ4v) is 2.75. The van der Waals surface area contributed by atoms with E-state index in [1.165, 1.54) is 0 Å². The van der Waals surface area contributed by atoms with Crippen LogP contribution in [0.1, 0.15) is 21.7 Å². The zero-order valence-corrected chi connectivity index (χ0v) is 14.4. The Hall–Kier alpha value is -2.44. The van der Waals surface area contributed by atoms with Crippen molar-refractivity contribution in [3.05, 3.63) is 70.5 Å². The zero-order valence-electron chi connectivity index (χ0n) is 12.8. The van der Waals surface area contributed by atoms with E-state index >= 15 is 0 Å². The average molecular weight is 360 g/mol. The molecule has 0 aliphatic heterocycles. The van der Waals surface area contributed by atoms with Gasteiger partial charge < -0.3 is 4.74 Å².